The highest BCUT2D eigenvalue weighted by molar-refractivity contribution is 7.98. The van der Waals surface area contributed by atoms with Crippen LogP contribution in [0.2, 0.25) is 15.3 Å². The van der Waals surface area contributed by atoms with Gasteiger partial charge in [-0.25, -0.2) is 9.97 Å². The van der Waals surface area contributed by atoms with Crippen molar-refractivity contribution in [3.05, 3.63) is 51.0 Å². The molecule has 0 saturated heterocycles. The Morgan fingerprint density at radius 2 is 1.60 bits per heavy atom. The number of halogens is 3. The number of hydrogen-bond acceptors (Lipinski definition) is 3. The summed E-state index contributed by atoms with van der Waals surface area (Å²) in [5.74, 6) is 1.26. The molecule has 0 aliphatic rings. The number of thioether (sulfide) groups is 1. The van der Waals surface area contributed by atoms with Gasteiger partial charge in [-0.15, -0.1) is 11.8 Å². The van der Waals surface area contributed by atoms with E-state index in [9.17, 15) is 0 Å². The van der Waals surface area contributed by atoms with E-state index in [4.69, 9.17) is 34.8 Å². The Kier molecular flexibility index (Phi) is 5.97. The van der Waals surface area contributed by atoms with Crippen LogP contribution in [0.25, 0.3) is 0 Å². The van der Waals surface area contributed by atoms with E-state index in [1.807, 2.05) is 24.3 Å². The van der Waals surface area contributed by atoms with E-state index in [2.05, 4.69) is 16.9 Å². The second-order valence-corrected chi connectivity index (χ2v) is 6.39. The summed E-state index contributed by atoms with van der Waals surface area (Å²) >= 11 is 19.8. The smallest absolute Gasteiger partial charge is 0.142 e. The number of benzene rings is 1. The molecular weight excluding hydrogens is 335 g/mol. The number of hydrogen-bond donors (Lipinski definition) is 0. The molecule has 2 aromatic rings. The lowest BCUT2D eigenvalue weighted by Crippen LogP contribution is -1.99. The number of rotatable bonds is 5. The van der Waals surface area contributed by atoms with Gasteiger partial charge in [0.15, 0.2) is 0 Å². The van der Waals surface area contributed by atoms with Crippen molar-refractivity contribution in [2.24, 2.45) is 0 Å². The van der Waals surface area contributed by atoms with Crippen LogP contribution in [0.15, 0.2) is 29.2 Å². The zero-order chi connectivity index (χ0) is 14.5. The lowest BCUT2D eigenvalue weighted by molar-refractivity contribution is 0.888. The molecule has 0 aliphatic carbocycles. The van der Waals surface area contributed by atoms with Crippen LogP contribution in [0.3, 0.4) is 0 Å². The van der Waals surface area contributed by atoms with E-state index < -0.39 is 0 Å². The number of aromatic nitrogens is 2. The number of nitrogens with zero attached hydrogens (tertiary/aromatic N) is 2. The average Bonchev–Trinajstić information content (AvgIpc) is 2.42. The molecule has 2 nitrogen and oxygen atoms in total. The van der Waals surface area contributed by atoms with Crippen molar-refractivity contribution in [1.29, 1.82) is 0 Å². The topological polar surface area (TPSA) is 25.8 Å². The molecule has 0 saturated carbocycles. The summed E-state index contributed by atoms with van der Waals surface area (Å²) in [4.78, 5) is 9.72. The first kappa shape index (κ1) is 15.9. The fourth-order valence-corrected chi connectivity index (χ4v) is 3.16. The maximum atomic E-state index is 6.15. The molecule has 0 unspecified atom stereocenters. The standard InChI is InChI=1S/C14H13Cl3N2S/c1-2-3-11-13(16)18-12(19-14(11)17)8-20-10-6-4-9(15)5-7-10/h4-7H,2-3,8H2,1H3. The lowest BCUT2D eigenvalue weighted by Gasteiger charge is -2.07. The van der Waals surface area contributed by atoms with E-state index >= 15 is 0 Å². The van der Waals surface area contributed by atoms with Crippen molar-refractivity contribution >= 4 is 46.6 Å². The largest absolute Gasteiger partial charge is 0.220 e. The fraction of sp³-hybridized carbons (Fsp3) is 0.286. The monoisotopic (exact) mass is 346 g/mol. The first-order valence-corrected chi connectivity index (χ1v) is 8.31. The van der Waals surface area contributed by atoms with Crippen LogP contribution < -0.4 is 0 Å². The highest BCUT2D eigenvalue weighted by Gasteiger charge is 2.11. The van der Waals surface area contributed by atoms with Crippen LogP contribution in [-0.4, -0.2) is 9.97 Å². The van der Waals surface area contributed by atoms with Crippen LogP contribution in [-0.2, 0) is 12.2 Å². The van der Waals surface area contributed by atoms with Crippen molar-refractivity contribution in [3.8, 4) is 0 Å². The third kappa shape index (κ3) is 4.26. The molecule has 0 N–H and O–H groups in total. The Labute approximate surface area is 137 Å². The normalized spacial score (nSPS) is 10.8. The first-order valence-electron chi connectivity index (χ1n) is 6.19. The molecule has 0 amide bonds. The Morgan fingerprint density at radius 3 is 2.15 bits per heavy atom. The second kappa shape index (κ2) is 7.51. The van der Waals surface area contributed by atoms with Crippen LogP contribution in [0.5, 0.6) is 0 Å². The van der Waals surface area contributed by atoms with Gasteiger partial charge in [-0.1, -0.05) is 48.1 Å². The van der Waals surface area contributed by atoms with Gasteiger partial charge in [-0.3, -0.25) is 0 Å². The summed E-state index contributed by atoms with van der Waals surface area (Å²) in [5, 5.41) is 1.64. The molecule has 20 heavy (non-hydrogen) atoms. The summed E-state index contributed by atoms with van der Waals surface area (Å²) in [6, 6.07) is 7.63. The third-order valence-corrected chi connectivity index (χ3v) is 4.52. The van der Waals surface area contributed by atoms with Crippen LogP contribution in [0, 0.1) is 0 Å². The predicted molar refractivity (Wildman–Crippen MR) is 87.1 cm³/mol. The van der Waals surface area contributed by atoms with E-state index in [1.54, 1.807) is 11.8 Å². The van der Waals surface area contributed by atoms with Crippen molar-refractivity contribution in [1.82, 2.24) is 9.97 Å². The first-order chi connectivity index (χ1) is 9.60. The maximum absolute atomic E-state index is 6.15. The minimum absolute atomic E-state index is 0.457. The van der Waals surface area contributed by atoms with Crippen molar-refractivity contribution in [2.75, 3.05) is 0 Å². The Morgan fingerprint density at radius 1 is 1.00 bits per heavy atom. The molecule has 0 atom stereocenters. The van der Waals surface area contributed by atoms with E-state index in [0.717, 1.165) is 28.3 Å². The minimum atomic E-state index is 0.457. The van der Waals surface area contributed by atoms with Gasteiger partial charge in [0.25, 0.3) is 0 Å². The quantitative estimate of drug-likeness (QED) is 0.514. The SMILES string of the molecule is CCCc1c(Cl)nc(CSc2ccc(Cl)cc2)nc1Cl. The Bertz CT molecular complexity index is 564. The van der Waals surface area contributed by atoms with Gasteiger partial charge < -0.3 is 0 Å². The van der Waals surface area contributed by atoms with E-state index in [1.165, 1.54) is 0 Å². The molecule has 0 aliphatic heterocycles. The summed E-state index contributed by atoms with van der Waals surface area (Å²) in [7, 11) is 0. The van der Waals surface area contributed by atoms with Crippen LogP contribution in [0.4, 0.5) is 0 Å². The zero-order valence-corrected chi connectivity index (χ0v) is 14.0. The summed E-state index contributed by atoms with van der Waals surface area (Å²) < 4.78 is 0. The van der Waals surface area contributed by atoms with Crippen LogP contribution >= 0.6 is 46.6 Å². The predicted octanol–water partition coefficient (Wildman–Crippen LogP) is 5.68. The molecule has 1 aromatic heterocycles. The lowest BCUT2D eigenvalue weighted by atomic mass is 10.2. The highest BCUT2D eigenvalue weighted by Crippen LogP contribution is 2.27. The van der Waals surface area contributed by atoms with Gasteiger partial charge in [0.2, 0.25) is 0 Å². The molecular formula is C14H13Cl3N2S. The molecule has 6 heteroatoms. The Balaban J connectivity index is 2.08. The van der Waals surface area contributed by atoms with Gasteiger partial charge in [-0.2, -0.15) is 0 Å². The molecule has 2 rings (SSSR count). The molecule has 1 heterocycles. The highest BCUT2D eigenvalue weighted by atomic mass is 35.5. The molecule has 0 radical (unpaired) electrons. The van der Waals surface area contributed by atoms with Gasteiger partial charge in [0, 0.05) is 15.5 Å². The zero-order valence-electron chi connectivity index (χ0n) is 10.9. The van der Waals surface area contributed by atoms with Gasteiger partial charge in [-0.05, 0) is 30.7 Å². The van der Waals surface area contributed by atoms with Crippen LogP contribution in [0.1, 0.15) is 24.7 Å². The molecule has 106 valence electrons. The van der Waals surface area contributed by atoms with E-state index in [0.29, 0.717) is 21.9 Å². The van der Waals surface area contributed by atoms with Crippen molar-refractivity contribution in [3.63, 3.8) is 0 Å². The maximum Gasteiger partial charge on any atom is 0.142 e. The molecule has 0 spiro atoms. The average molecular weight is 348 g/mol. The van der Waals surface area contributed by atoms with Crippen molar-refractivity contribution in [2.45, 2.75) is 30.4 Å². The second-order valence-electron chi connectivity index (χ2n) is 4.19. The van der Waals surface area contributed by atoms with Gasteiger partial charge in [0.05, 0.1) is 5.75 Å². The van der Waals surface area contributed by atoms with E-state index in [-0.39, 0.29) is 0 Å². The van der Waals surface area contributed by atoms with Crippen molar-refractivity contribution < 1.29 is 0 Å². The summed E-state index contributed by atoms with van der Waals surface area (Å²) in [6.07, 6.45) is 1.75. The van der Waals surface area contributed by atoms with Gasteiger partial charge in [0.1, 0.15) is 16.1 Å². The summed E-state index contributed by atoms with van der Waals surface area (Å²) in [5.41, 5.74) is 0.830. The van der Waals surface area contributed by atoms with Gasteiger partial charge >= 0.3 is 0 Å². The molecule has 0 bridgehead atoms. The Hall–Kier alpha value is -0.480. The molecule has 1 aromatic carbocycles. The fourth-order valence-electron chi connectivity index (χ4n) is 1.67. The minimum Gasteiger partial charge on any atom is -0.220 e. The third-order valence-electron chi connectivity index (χ3n) is 2.63. The molecule has 0 fully saturated rings. The summed E-state index contributed by atoms with van der Waals surface area (Å²) in [6.45, 7) is 2.07.